The molecule has 0 radical (unpaired) electrons. The van der Waals surface area contributed by atoms with E-state index in [0.717, 1.165) is 21.3 Å². The van der Waals surface area contributed by atoms with Gasteiger partial charge in [-0.3, -0.25) is 0 Å². The SMILES string of the molecule is COC(=O)c1ccc(-c2nc(N3CCN(C(=O)O)CC3)sc2C)cc1. The lowest BCUT2D eigenvalue weighted by Crippen LogP contribution is -2.48. The van der Waals surface area contributed by atoms with Gasteiger partial charge in [0.1, 0.15) is 0 Å². The number of carbonyl (C=O) groups excluding carboxylic acids is 1. The van der Waals surface area contributed by atoms with Crippen molar-refractivity contribution >= 4 is 28.5 Å². The number of rotatable bonds is 3. The van der Waals surface area contributed by atoms with Crippen molar-refractivity contribution in [1.82, 2.24) is 9.88 Å². The van der Waals surface area contributed by atoms with Crippen LogP contribution < -0.4 is 4.90 Å². The Labute approximate surface area is 149 Å². The van der Waals surface area contributed by atoms with Crippen LogP contribution in [0.25, 0.3) is 11.3 Å². The molecule has 25 heavy (non-hydrogen) atoms. The van der Waals surface area contributed by atoms with Gasteiger partial charge in [0.15, 0.2) is 5.13 Å². The number of benzene rings is 1. The van der Waals surface area contributed by atoms with Crippen LogP contribution in [-0.2, 0) is 4.74 Å². The van der Waals surface area contributed by atoms with Crippen LogP contribution in [0.5, 0.6) is 0 Å². The first kappa shape index (κ1) is 17.2. The Balaban J connectivity index is 1.77. The number of nitrogens with zero attached hydrogens (tertiary/aromatic N) is 3. The van der Waals surface area contributed by atoms with Gasteiger partial charge in [0, 0.05) is 36.6 Å². The normalized spacial score (nSPS) is 14.5. The predicted molar refractivity (Wildman–Crippen MR) is 95.4 cm³/mol. The molecule has 1 aliphatic rings. The average Bonchev–Trinajstić information content (AvgIpc) is 3.03. The Bertz CT molecular complexity index is 780. The van der Waals surface area contributed by atoms with Gasteiger partial charge in [-0.25, -0.2) is 14.6 Å². The van der Waals surface area contributed by atoms with E-state index in [4.69, 9.17) is 14.8 Å². The van der Waals surface area contributed by atoms with Gasteiger partial charge in [-0.05, 0) is 19.1 Å². The highest BCUT2D eigenvalue weighted by molar-refractivity contribution is 7.16. The lowest BCUT2D eigenvalue weighted by molar-refractivity contribution is 0.0600. The monoisotopic (exact) mass is 361 g/mol. The van der Waals surface area contributed by atoms with E-state index >= 15 is 0 Å². The van der Waals surface area contributed by atoms with Crippen molar-refractivity contribution in [1.29, 1.82) is 0 Å². The number of hydrogen-bond donors (Lipinski definition) is 1. The molecule has 0 aliphatic carbocycles. The van der Waals surface area contributed by atoms with Gasteiger partial charge in [0.05, 0.1) is 18.4 Å². The molecule has 0 unspecified atom stereocenters. The first-order valence-corrected chi connectivity index (χ1v) is 8.70. The number of thiazole rings is 1. The van der Waals surface area contributed by atoms with E-state index in [1.54, 1.807) is 23.5 Å². The van der Waals surface area contributed by atoms with Crippen LogP contribution in [0.1, 0.15) is 15.2 Å². The molecule has 7 nitrogen and oxygen atoms in total. The lowest BCUT2D eigenvalue weighted by Gasteiger charge is -2.32. The third kappa shape index (κ3) is 3.58. The molecule has 1 aliphatic heterocycles. The van der Waals surface area contributed by atoms with Crippen LogP contribution >= 0.6 is 11.3 Å². The first-order chi connectivity index (χ1) is 12.0. The summed E-state index contributed by atoms with van der Waals surface area (Å²) in [6.45, 7) is 4.26. The van der Waals surface area contributed by atoms with Crippen molar-refractivity contribution in [2.24, 2.45) is 0 Å². The van der Waals surface area contributed by atoms with Crippen molar-refractivity contribution in [2.45, 2.75) is 6.92 Å². The van der Waals surface area contributed by atoms with Crippen LogP contribution in [0.3, 0.4) is 0 Å². The molecule has 0 bridgehead atoms. The number of aryl methyl sites for hydroxylation is 1. The quantitative estimate of drug-likeness (QED) is 0.847. The maximum Gasteiger partial charge on any atom is 0.407 e. The van der Waals surface area contributed by atoms with Gasteiger partial charge < -0.3 is 19.6 Å². The van der Waals surface area contributed by atoms with Crippen LogP contribution in [0.15, 0.2) is 24.3 Å². The summed E-state index contributed by atoms with van der Waals surface area (Å²) in [4.78, 5) is 31.9. The minimum Gasteiger partial charge on any atom is -0.465 e. The summed E-state index contributed by atoms with van der Waals surface area (Å²) >= 11 is 1.60. The van der Waals surface area contributed by atoms with E-state index < -0.39 is 6.09 Å². The Hall–Kier alpha value is -2.61. The number of ether oxygens (including phenoxy) is 1. The van der Waals surface area contributed by atoms with E-state index in [1.807, 2.05) is 19.1 Å². The fourth-order valence-corrected chi connectivity index (χ4v) is 3.74. The van der Waals surface area contributed by atoms with Crippen molar-refractivity contribution in [3.8, 4) is 11.3 Å². The number of esters is 1. The summed E-state index contributed by atoms with van der Waals surface area (Å²) in [5.41, 5.74) is 2.33. The van der Waals surface area contributed by atoms with Gasteiger partial charge in [0.25, 0.3) is 0 Å². The second-order valence-electron chi connectivity index (χ2n) is 5.73. The summed E-state index contributed by atoms with van der Waals surface area (Å²) in [7, 11) is 1.36. The Kier molecular flexibility index (Phi) is 4.89. The fourth-order valence-electron chi connectivity index (χ4n) is 2.76. The molecule has 1 fully saturated rings. The zero-order valence-corrected chi connectivity index (χ0v) is 14.9. The summed E-state index contributed by atoms with van der Waals surface area (Å²) in [5, 5.41) is 9.93. The molecule has 3 rings (SSSR count). The minimum absolute atomic E-state index is 0.362. The number of piperazine rings is 1. The summed E-state index contributed by atoms with van der Waals surface area (Å²) in [6, 6.07) is 7.18. The Morgan fingerprint density at radius 3 is 2.36 bits per heavy atom. The Morgan fingerprint density at radius 1 is 1.16 bits per heavy atom. The molecule has 2 aromatic rings. The van der Waals surface area contributed by atoms with Crippen molar-refractivity contribution in [2.75, 3.05) is 38.2 Å². The van der Waals surface area contributed by atoms with Crippen LogP contribution in [-0.4, -0.2) is 60.3 Å². The topological polar surface area (TPSA) is 83.0 Å². The van der Waals surface area contributed by atoms with E-state index in [-0.39, 0.29) is 5.97 Å². The second-order valence-corrected chi connectivity index (χ2v) is 6.91. The zero-order chi connectivity index (χ0) is 18.0. The highest BCUT2D eigenvalue weighted by Crippen LogP contribution is 2.33. The predicted octanol–water partition coefficient (Wildman–Crippen LogP) is 2.71. The van der Waals surface area contributed by atoms with E-state index in [9.17, 15) is 9.59 Å². The van der Waals surface area contributed by atoms with Gasteiger partial charge in [0.2, 0.25) is 0 Å². The maximum atomic E-state index is 11.5. The summed E-state index contributed by atoms with van der Waals surface area (Å²) in [5.74, 6) is -0.362. The number of amides is 1. The number of hydrogen-bond acceptors (Lipinski definition) is 6. The van der Waals surface area contributed by atoms with Gasteiger partial charge >= 0.3 is 12.1 Å². The largest absolute Gasteiger partial charge is 0.465 e. The van der Waals surface area contributed by atoms with Crippen LogP contribution in [0.4, 0.5) is 9.93 Å². The highest BCUT2D eigenvalue weighted by atomic mass is 32.1. The molecule has 2 heterocycles. The third-order valence-corrected chi connectivity index (χ3v) is 5.22. The molecule has 1 aromatic carbocycles. The molecule has 132 valence electrons. The van der Waals surface area contributed by atoms with Gasteiger partial charge in [-0.15, -0.1) is 11.3 Å². The summed E-state index contributed by atoms with van der Waals surface area (Å²) in [6.07, 6.45) is -0.874. The van der Waals surface area contributed by atoms with Crippen molar-refractivity contribution in [3.05, 3.63) is 34.7 Å². The molecule has 1 aromatic heterocycles. The number of aromatic nitrogens is 1. The zero-order valence-electron chi connectivity index (χ0n) is 14.1. The average molecular weight is 361 g/mol. The number of methoxy groups -OCH3 is 1. The molecule has 0 saturated carbocycles. The number of anilines is 1. The van der Waals surface area contributed by atoms with Crippen LogP contribution in [0, 0.1) is 6.92 Å². The van der Waals surface area contributed by atoms with Crippen molar-refractivity contribution in [3.63, 3.8) is 0 Å². The standard InChI is InChI=1S/C17H19N3O4S/c1-11-14(12-3-5-13(6-4-12)15(21)24-2)18-16(25-11)19-7-9-20(10-8-19)17(22)23/h3-6H,7-10H2,1-2H3,(H,22,23). The van der Waals surface area contributed by atoms with Gasteiger partial charge in [-0.2, -0.15) is 0 Å². The number of carboxylic acid groups (broad SMARTS) is 1. The lowest BCUT2D eigenvalue weighted by atomic mass is 10.1. The molecular weight excluding hydrogens is 342 g/mol. The second kappa shape index (κ2) is 7.10. The molecular formula is C17H19N3O4S. The Morgan fingerprint density at radius 2 is 1.80 bits per heavy atom. The van der Waals surface area contributed by atoms with Crippen molar-refractivity contribution < 1.29 is 19.4 Å². The molecule has 0 atom stereocenters. The smallest absolute Gasteiger partial charge is 0.407 e. The van der Waals surface area contributed by atoms with Gasteiger partial charge in [-0.1, -0.05) is 12.1 Å². The minimum atomic E-state index is -0.874. The summed E-state index contributed by atoms with van der Waals surface area (Å²) < 4.78 is 4.71. The van der Waals surface area contributed by atoms with E-state index in [2.05, 4.69) is 4.90 Å². The fraction of sp³-hybridized carbons (Fsp3) is 0.353. The molecule has 1 N–H and O–H groups in total. The molecule has 1 saturated heterocycles. The van der Waals surface area contributed by atoms with E-state index in [0.29, 0.717) is 31.7 Å². The third-order valence-electron chi connectivity index (χ3n) is 4.19. The highest BCUT2D eigenvalue weighted by Gasteiger charge is 2.23. The van der Waals surface area contributed by atoms with Crippen LogP contribution in [0.2, 0.25) is 0 Å². The molecule has 0 spiro atoms. The van der Waals surface area contributed by atoms with E-state index in [1.165, 1.54) is 12.0 Å². The molecule has 8 heteroatoms. The molecule has 1 amide bonds. The maximum absolute atomic E-state index is 11.5. The first-order valence-electron chi connectivity index (χ1n) is 7.88. The number of carbonyl (C=O) groups is 2.